The van der Waals surface area contributed by atoms with Gasteiger partial charge >= 0.3 is 5.97 Å². The van der Waals surface area contributed by atoms with E-state index in [9.17, 15) is 24.3 Å². The number of guanidine groups is 1. The highest BCUT2D eigenvalue weighted by Gasteiger charge is 2.32. The fourth-order valence-corrected chi connectivity index (χ4v) is 4.52. The van der Waals surface area contributed by atoms with Crippen LogP contribution >= 0.6 is 0 Å². The van der Waals surface area contributed by atoms with Gasteiger partial charge in [0.25, 0.3) is 0 Å². The van der Waals surface area contributed by atoms with Crippen LogP contribution in [0.15, 0.2) is 35.5 Å². The zero-order chi connectivity index (χ0) is 31.4. The summed E-state index contributed by atoms with van der Waals surface area (Å²) in [4.78, 5) is 58.9. The van der Waals surface area contributed by atoms with Crippen molar-refractivity contribution in [2.45, 2.75) is 84.0 Å². The number of fused-ring (bicyclic) bond motifs is 1. The largest absolute Gasteiger partial charge is 0.480 e. The molecule has 1 aromatic carbocycles. The molecule has 42 heavy (non-hydrogen) atoms. The van der Waals surface area contributed by atoms with Gasteiger partial charge in [-0.1, -0.05) is 52.3 Å². The van der Waals surface area contributed by atoms with Crippen LogP contribution in [0.4, 0.5) is 0 Å². The van der Waals surface area contributed by atoms with E-state index in [4.69, 9.17) is 17.2 Å². The summed E-state index contributed by atoms with van der Waals surface area (Å²) in [5, 5.41) is 18.7. The number of hydrogen-bond acceptors (Lipinski definition) is 6. The summed E-state index contributed by atoms with van der Waals surface area (Å²) in [6, 6.07) is 3.41. The summed E-state index contributed by atoms with van der Waals surface area (Å²) in [6.07, 6.45) is 3.23. The van der Waals surface area contributed by atoms with Gasteiger partial charge < -0.3 is 43.2 Å². The normalized spacial score (nSPS) is 14.8. The summed E-state index contributed by atoms with van der Waals surface area (Å²) in [5.74, 6) is -3.07. The Labute approximate surface area is 246 Å². The van der Waals surface area contributed by atoms with Gasteiger partial charge in [-0.25, -0.2) is 4.79 Å². The second kappa shape index (κ2) is 16.3. The number of nitrogens with zero attached hydrogens (tertiary/aromatic N) is 1. The van der Waals surface area contributed by atoms with Gasteiger partial charge in [-0.15, -0.1) is 0 Å². The van der Waals surface area contributed by atoms with Crippen LogP contribution in [0.1, 0.15) is 58.9 Å². The Bertz CT molecular complexity index is 1240. The Morgan fingerprint density at radius 1 is 0.952 bits per heavy atom. The minimum absolute atomic E-state index is 0.0448. The minimum atomic E-state index is -1.23. The van der Waals surface area contributed by atoms with Crippen LogP contribution in [0.5, 0.6) is 0 Å². The number of aliphatic imine (C=N–C) groups is 1. The summed E-state index contributed by atoms with van der Waals surface area (Å²) in [7, 11) is 0. The molecule has 232 valence electrons. The van der Waals surface area contributed by atoms with Crippen molar-refractivity contribution in [2.24, 2.45) is 34.0 Å². The second-order valence-electron chi connectivity index (χ2n) is 11.1. The van der Waals surface area contributed by atoms with Gasteiger partial charge in [-0.05, 0) is 42.7 Å². The smallest absolute Gasteiger partial charge is 0.326 e. The van der Waals surface area contributed by atoms with Crippen LogP contribution in [0.2, 0.25) is 0 Å². The number of carboxylic acids is 1. The van der Waals surface area contributed by atoms with Gasteiger partial charge in [-0.2, -0.15) is 0 Å². The van der Waals surface area contributed by atoms with E-state index in [1.165, 1.54) is 0 Å². The number of carboxylic acid groups (broad SMARTS) is 1. The average molecular weight is 587 g/mol. The van der Waals surface area contributed by atoms with Gasteiger partial charge in [0.05, 0.1) is 6.04 Å². The number of rotatable bonds is 17. The predicted octanol–water partition coefficient (Wildman–Crippen LogP) is 0.723. The van der Waals surface area contributed by atoms with Crippen molar-refractivity contribution < 1.29 is 24.3 Å². The van der Waals surface area contributed by atoms with E-state index in [0.717, 1.165) is 16.5 Å². The minimum Gasteiger partial charge on any atom is -0.480 e. The van der Waals surface area contributed by atoms with Crippen LogP contribution in [-0.2, 0) is 25.6 Å². The molecule has 0 aliphatic carbocycles. The standard InChI is InChI=1S/C29H46N8O5/c1-5-17(4)24(30)27(40)37-22(13-16(2)3)25(38)36-23(14-18-15-34-20-10-7-6-9-19(18)20)26(39)35-21(28(41)42)11-8-12-33-29(31)32/h6-7,9-10,15-17,21-24,34H,5,8,11-14,30H2,1-4H3,(H,35,39)(H,36,38)(H,37,40)(H,41,42)(H4,31,32,33). The maximum absolute atomic E-state index is 13.6. The molecule has 0 saturated carbocycles. The number of aromatic amines is 1. The van der Waals surface area contributed by atoms with Crippen molar-refractivity contribution >= 4 is 40.6 Å². The molecule has 1 aromatic heterocycles. The molecule has 13 heteroatoms. The Morgan fingerprint density at radius 2 is 1.57 bits per heavy atom. The lowest BCUT2D eigenvalue weighted by molar-refractivity contribution is -0.142. The first-order valence-electron chi connectivity index (χ1n) is 14.3. The summed E-state index contributed by atoms with van der Waals surface area (Å²) in [5.41, 5.74) is 18.4. The summed E-state index contributed by atoms with van der Waals surface area (Å²) in [6.45, 7) is 7.82. The van der Waals surface area contributed by atoms with Crippen molar-refractivity contribution in [2.75, 3.05) is 6.54 Å². The Balaban J connectivity index is 2.31. The SMILES string of the molecule is CCC(C)C(N)C(=O)NC(CC(C)C)C(=O)NC(Cc1c[nH]c2ccccc12)C(=O)NC(CCCN=C(N)N)C(=O)O. The molecule has 0 spiro atoms. The number of H-pyrrole nitrogens is 1. The molecular weight excluding hydrogens is 540 g/mol. The fourth-order valence-electron chi connectivity index (χ4n) is 4.52. The number of benzene rings is 1. The maximum Gasteiger partial charge on any atom is 0.326 e. The van der Waals surface area contributed by atoms with Crippen molar-refractivity contribution in [3.8, 4) is 0 Å². The molecule has 13 nitrogen and oxygen atoms in total. The van der Waals surface area contributed by atoms with Crippen molar-refractivity contribution in [1.29, 1.82) is 0 Å². The average Bonchev–Trinajstić information content (AvgIpc) is 3.34. The van der Waals surface area contributed by atoms with E-state index in [2.05, 4.69) is 25.9 Å². The third-order valence-corrected chi connectivity index (χ3v) is 7.19. The third-order valence-electron chi connectivity index (χ3n) is 7.19. The van der Waals surface area contributed by atoms with Crippen molar-refractivity contribution in [3.05, 3.63) is 36.0 Å². The van der Waals surface area contributed by atoms with Crippen LogP contribution in [0, 0.1) is 11.8 Å². The highest BCUT2D eigenvalue weighted by molar-refractivity contribution is 5.95. The number of hydrogen-bond donors (Lipinski definition) is 8. The van der Waals surface area contributed by atoms with Crippen LogP contribution in [0.3, 0.4) is 0 Å². The monoisotopic (exact) mass is 586 g/mol. The van der Waals surface area contributed by atoms with E-state index in [1.807, 2.05) is 52.0 Å². The van der Waals surface area contributed by atoms with Gasteiger partial charge in [0.1, 0.15) is 18.1 Å². The van der Waals surface area contributed by atoms with Gasteiger partial charge in [-0.3, -0.25) is 19.4 Å². The molecule has 5 atom stereocenters. The van der Waals surface area contributed by atoms with E-state index in [-0.39, 0.29) is 37.2 Å². The molecule has 2 rings (SSSR count). The van der Waals surface area contributed by atoms with Crippen LogP contribution < -0.4 is 33.2 Å². The summed E-state index contributed by atoms with van der Waals surface area (Å²) < 4.78 is 0. The number of carbonyl (C=O) groups is 4. The third kappa shape index (κ3) is 10.4. The number of nitrogens with two attached hydrogens (primary N) is 3. The van der Waals surface area contributed by atoms with Gasteiger partial charge in [0.15, 0.2) is 5.96 Å². The molecule has 5 unspecified atom stereocenters. The molecule has 0 fully saturated rings. The zero-order valence-electron chi connectivity index (χ0n) is 24.9. The molecule has 3 amide bonds. The lowest BCUT2D eigenvalue weighted by atomic mass is 9.97. The van der Waals surface area contributed by atoms with E-state index < -0.39 is 47.9 Å². The molecule has 2 aromatic rings. The van der Waals surface area contributed by atoms with E-state index in [1.54, 1.807) is 6.20 Å². The predicted molar refractivity (Wildman–Crippen MR) is 162 cm³/mol. The number of carbonyl (C=O) groups excluding carboxylic acids is 3. The molecule has 0 bridgehead atoms. The molecule has 0 saturated heterocycles. The molecular formula is C29H46N8O5. The number of aliphatic carboxylic acids is 1. The first kappa shape index (κ1) is 34.1. The Morgan fingerprint density at radius 3 is 2.19 bits per heavy atom. The fraction of sp³-hybridized carbons (Fsp3) is 0.552. The van der Waals surface area contributed by atoms with E-state index >= 15 is 0 Å². The molecule has 0 radical (unpaired) electrons. The topological polar surface area (TPSA) is 231 Å². The highest BCUT2D eigenvalue weighted by Crippen LogP contribution is 2.20. The summed E-state index contributed by atoms with van der Waals surface area (Å²) >= 11 is 0. The van der Waals surface area contributed by atoms with Crippen LogP contribution in [0.25, 0.3) is 10.9 Å². The Kier molecular flexibility index (Phi) is 13.3. The van der Waals surface area contributed by atoms with Crippen molar-refractivity contribution in [3.63, 3.8) is 0 Å². The Hall–Kier alpha value is -4.13. The van der Waals surface area contributed by atoms with E-state index in [0.29, 0.717) is 19.3 Å². The number of para-hydroxylation sites is 1. The second-order valence-corrected chi connectivity index (χ2v) is 11.1. The first-order chi connectivity index (χ1) is 19.8. The van der Waals surface area contributed by atoms with Crippen molar-refractivity contribution in [1.82, 2.24) is 20.9 Å². The maximum atomic E-state index is 13.6. The quantitative estimate of drug-likeness (QED) is 0.0746. The van der Waals surface area contributed by atoms with Crippen LogP contribution in [-0.4, -0.2) is 70.5 Å². The van der Waals surface area contributed by atoms with Gasteiger partial charge in [0.2, 0.25) is 17.7 Å². The number of aromatic nitrogens is 1. The highest BCUT2D eigenvalue weighted by atomic mass is 16.4. The molecule has 0 aliphatic heterocycles. The lowest BCUT2D eigenvalue weighted by Crippen LogP contribution is -2.58. The lowest BCUT2D eigenvalue weighted by Gasteiger charge is -2.27. The molecule has 0 aliphatic rings. The first-order valence-corrected chi connectivity index (χ1v) is 14.3. The molecule has 11 N–H and O–H groups in total. The molecule has 1 heterocycles. The zero-order valence-corrected chi connectivity index (χ0v) is 24.9. The van der Waals surface area contributed by atoms with Gasteiger partial charge in [0, 0.05) is 30.1 Å². The number of nitrogens with one attached hydrogen (secondary N) is 4. The number of amides is 3.